The van der Waals surface area contributed by atoms with Crippen molar-refractivity contribution in [2.24, 2.45) is 0 Å². The van der Waals surface area contributed by atoms with E-state index in [4.69, 9.17) is 11.6 Å². The Labute approximate surface area is 75.9 Å². The normalized spacial score (nSPS) is 9.58. The van der Waals surface area contributed by atoms with E-state index in [9.17, 15) is 4.39 Å². The first-order valence-electron chi connectivity index (χ1n) is 3.48. The molecule has 0 aromatic heterocycles. The number of hydrogen-bond acceptors (Lipinski definition) is 1. The van der Waals surface area contributed by atoms with Crippen molar-refractivity contribution in [1.82, 2.24) is 0 Å². The quantitative estimate of drug-likeness (QED) is 0.747. The third-order valence-electron chi connectivity index (χ3n) is 1.58. The van der Waals surface area contributed by atoms with Gasteiger partial charge in [0.2, 0.25) is 0 Å². The van der Waals surface area contributed by atoms with Crippen LogP contribution in [0.15, 0.2) is 18.7 Å². The van der Waals surface area contributed by atoms with Crippen LogP contribution in [0.3, 0.4) is 0 Å². The van der Waals surface area contributed by atoms with Crippen molar-refractivity contribution in [2.75, 3.05) is 12.4 Å². The molecule has 0 heterocycles. The van der Waals surface area contributed by atoms with E-state index in [-0.39, 0.29) is 5.02 Å². The first kappa shape index (κ1) is 9.07. The Balaban J connectivity index is 3.28. The molecular formula is C9H9ClFN. The van der Waals surface area contributed by atoms with E-state index in [1.165, 1.54) is 12.1 Å². The summed E-state index contributed by atoms with van der Waals surface area (Å²) in [5.41, 5.74) is 1.48. The van der Waals surface area contributed by atoms with E-state index >= 15 is 0 Å². The summed E-state index contributed by atoms with van der Waals surface area (Å²) in [6, 6.07) is 2.88. The van der Waals surface area contributed by atoms with Gasteiger partial charge in [-0.05, 0) is 17.7 Å². The van der Waals surface area contributed by atoms with Crippen LogP contribution in [0.4, 0.5) is 10.1 Å². The van der Waals surface area contributed by atoms with Gasteiger partial charge in [0.25, 0.3) is 0 Å². The number of halogens is 2. The fraction of sp³-hybridized carbons (Fsp3) is 0.111. The molecule has 64 valence electrons. The highest BCUT2D eigenvalue weighted by molar-refractivity contribution is 6.31. The van der Waals surface area contributed by atoms with Crippen LogP contribution in [0.25, 0.3) is 6.08 Å². The Kier molecular flexibility index (Phi) is 2.71. The van der Waals surface area contributed by atoms with E-state index in [0.29, 0.717) is 5.69 Å². The Morgan fingerprint density at radius 3 is 2.75 bits per heavy atom. The largest absolute Gasteiger partial charge is 0.388 e. The Hall–Kier alpha value is -1.02. The molecule has 0 unspecified atom stereocenters. The van der Waals surface area contributed by atoms with Crippen LogP contribution in [0, 0.1) is 5.82 Å². The molecule has 0 spiro atoms. The molecule has 0 aliphatic heterocycles. The summed E-state index contributed by atoms with van der Waals surface area (Å²) in [4.78, 5) is 0. The second kappa shape index (κ2) is 3.59. The van der Waals surface area contributed by atoms with Gasteiger partial charge in [-0.3, -0.25) is 0 Å². The molecule has 0 atom stereocenters. The molecule has 1 N–H and O–H groups in total. The van der Waals surface area contributed by atoms with Gasteiger partial charge < -0.3 is 5.32 Å². The number of benzene rings is 1. The third-order valence-corrected chi connectivity index (χ3v) is 1.87. The maximum absolute atomic E-state index is 12.9. The van der Waals surface area contributed by atoms with Crippen LogP contribution in [-0.4, -0.2) is 7.05 Å². The van der Waals surface area contributed by atoms with Gasteiger partial charge in [0.05, 0.1) is 5.02 Å². The zero-order chi connectivity index (χ0) is 9.14. The number of rotatable bonds is 2. The molecule has 1 aromatic rings. The van der Waals surface area contributed by atoms with Crippen molar-refractivity contribution in [3.8, 4) is 0 Å². The van der Waals surface area contributed by atoms with Crippen molar-refractivity contribution >= 4 is 23.4 Å². The van der Waals surface area contributed by atoms with Gasteiger partial charge in [-0.25, -0.2) is 4.39 Å². The van der Waals surface area contributed by atoms with E-state index in [1.54, 1.807) is 13.1 Å². The SMILES string of the molecule is C=Cc1cc(Cl)c(F)cc1NC. The highest BCUT2D eigenvalue weighted by atomic mass is 35.5. The van der Waals surface area contributed by atoms with Crippen LogP contribution in [0.2, 0.25) is 5.02 Å². The summed E-state index contributed by atoms with van der Waals surface area (Å²) in [5.74, 6) is -0.424. The topological polar surface area (TPSA) is 12.0 Å². The zero-order valence-electron chi connectivity index (χ0n) is 6.70. The molecule has 1 nitrogen and oxygen atoms in total. The van der Waals surface area contributed by atoms with Crippen molar-refractivity contribution in [3.05, 3.63) is 35.1 Å². The minimum absolute atomic E-state index is 0.115. The summed E-state index contributed by atoms with van der Waals surface area (Å²) in [7, 11) is 1.72. The van der Waals surface area contributed by atoms with Gasteiger partial charge in [-0.1, -0.05) is 24.3 Å². The molecule has 0 amide bonds. The molecular weight excluding hydrogens is 177 g/mol. The number of hydrogen-bond donors (Lipinski definition) is 1. The van der Waals surface area contributed by atoms with Gasteiger partial charge in [0, 0.05) is 12.7 Å². The molecule has 0 radical (unpaired) electrons. The lowest BCUT2D eigenvalue weighted by Crippen LogP contribution is -1.92. The second-order valence-corrected chi connectivity index (χ2v) is 2.71. The molecule has 0 aliphatic carbocycles. The Morgan fingerprint density at radius 1 is 1.58 bits per heavy atom. The molecule has 0 saturated heterocycles. The van der Waals surface area contributed by atoms with Crippen LogP contribution in [0.1, 0.15) is 5.56 Å². The maximum Gasteiger partial charge on any atom is 0.143 e. The average Bonchev–Trinajstić information content (AvgIpc) is 2.09. The molecule has 3 heteroatoms. The van der Waals surface area contributed by atoms with Gasteiger partial charge in [0.15, 0.2) is 0 Å². The highest BCUT2D eigenvalue weighted by Crippen LogP contribution is 2.24. The van der Waals surface area contributed by atoms with Crippen molar-refractivity contribution in [2.45, 2.75) is 0 Å². The summed E-state index contributed by atoms with van der Waals surface area (Å²) >= 11 is 5.57. The lowest BCUT2D eigenvalue weighted by Gasteiger charge is -2.05. The summed E-state index contributed by atoms with van der Waals surface area (Å²) in [5, 5.41) is 2.96. The second-order valence-electron chi connectivity index (χ2n) is 2.31. The zero-order valence-corrected chi connectivity index (χ0v) is 7.45. The van der Waals surface area contributed by atoms with Gasteiger partial charge in [0.1, 0.15) is 5.82 Å². The van der Waals surface area contributed by atoms with Crippen LogP contribution >= 0.6 is 11.6 Å². The summed E-state index contributed by atoms with van der Waals surface area (Å²) < 4.78 is 12.9. The molecule has 0 saturated carbocycles. The fourth-order valence-corrected chi connectivity index (χ4v) is 1.12. The van der Waals surface area contributed by atoms with E-state index in [1.807, 2.05) is 0 Å². The van der Waals surface area contributed by atoms with Crippen molar-refractivity contribution < 1.29 is 4.39 Å². The standard InChI is InChI=1S/C9H9ClFN/c1-3-6-4-7(10)8(11)5-9(6)12-2/h3-5,12H,1H2,2H3. The van der Waals surface area contributed by atoms with Crippen molar-refractivity contribution in [1.29, 1.82) is 0 Å². The third kappa shape index (κ3) is 1.59. The number of anilines is 1. The molecule has 0 aliphatic rings. The van der Waals surface area contributed by atoms with Gasteiger partial charge in [-0.15, -0.1) is 0 Å². The molecule has 1 rings (SSSR count). The first-order valence-corrected chi connectivity index (χ1v) is 3.86. The molecule has 0 bridgehead atoms. The smallest absolute Gasteiger partial charge is 0.143 e. The van der Waals surface area contributed by atoms with E-state index in [0.717, 1.165) is 5.56 Å². The lowest BCUT2D eigenvalue weighted by atomic mass is 10.1. The average molecular weight is 186 g/mol. The fourth-order valence-electron chi connectivity index (χ4n) is 0.948. The van der Waals surface area contributed by atoms with Crippen molar-refractivity contribution in [3.63, 3.8) is 0 Å². The highest BCUT2D eigenvalue weighted by Gasteiger charge is 2.04. The lowest BCUT2D eigenvalue weighted by molar-refractivity contribution is 0.628. The number of nitrogens with one attached hydrogen (secondary N) is 1. The predicted molar refractivity (Wildman–Crippen MR) is 51.0 cm³/mol. The summed E-state index contributed by atoms with van der Waals surface area (Å²) in [6.07, 6.45) is 1.62. The van der Waals surface area contributed by atoms with E-state index < -0.39 is 5.82 Å². The molecule has 1 aromatic carbocycles. The molecule has 12 heavy (non-hydrogen) atoms. The first-order chi connectivity index (χ1) is 5.69. The monoisotopic (exact) mass is 185 g/mol. The minimum atomic E-state index is -0.424. The molecule has 0 fully saturated rings. The van der Waals surface area contributed by atoms with Crippen LogP contribution in [0.5, 0.6) is 0 Å². The minimum Gasteiger partial charge on any atom is -0.388 e. The predicted octanol–water partition coefficient (Wildman–Crippen LogP) is 3.16. The van der Waals surface area contributed by atoms with E-state index in [2.05, 4.69) is 11.9 Å². The Bertz CT molecular complexity index is 310. The van der Waals surface area contributed by atoms with Crippen LogP contribution in [-0.2, 0) is 0 Å². The van der Waals surface area contributed by atoms with Gasteiger partial charge in [-0.2, -0.15) is 0 Å². The maximum atomic E-state index is 12.9. The van der Waals surface area contributed by atoms with Crippen LogP contribution < -0.4 is 5.32 Å². The summed E-state index contributed by atoms with van der Waals surface area (Å²) in [6.45, 7) is 3.59. The Morgan fingerprint density at radius 2 is 2.25 bits per heavy atom. The van der Waals surface area contributed by atoms with Gasteiger partial charge >= 0.3 is 0 Å².